The van der Waals surface area contributed by atoms with E-state index in [1.807, 2.05) is 0 Å². The highest BCUT2D eigenvalue weighted by Gasteiger charge is 2.34. The lowest BCUT2D eigenvalue weighted by Crippen LogP contribution is -2.50. The number of carbonyl (C=O) groups is 2. The smallest absolute Gasteiger partial charge is 0.416 e. The van der Waals surface area contributed by atoms with Crippen LogP contribution in [0.4, 0.5) is 29.3 Å². The van der Waals surface area contributed by atoms with Gasteiger partial charge in [-0.3, -0.25) is 4.79 Å². The van der Waals surface area contributed by atoms with Crippen molar-refractivity contribution in [2.75, 3.05) is 43.9 Å². The minimum Gasteiger partial charge on any atom is -0.488 e. The van der Waals surface area contributed by atoms with Crippen LogP contribution in [0, 0.1) is 11.8 Å². The SMILES string of the molecule is C[C@H]1CN([C@@H](C)CO)C(=O)c2cc(NC(=O)Nc3ccc(C(F)(F)F)cc3)ccc2O[C@H]1CN(C)CC1CCCCC1. The molecule has 0 radical (unpaired) electrons. The molecule has 0 saturated heterocycles. The third kappa shape index (κ3) is 8.16. The first-order valence-electron chi connectivity index (χ1n) is 14.6. The summed E-state index contributed by atoms with van der Waals surface area (Å²) in [4.78, 5) is 30.3. The molecule has 1 heterocycles. The molecule has 2 aromatic carbocycles. The van der Waals surface area contributed by atoms with Gasteiger partial charge in [0.15, 0.2) is 0 Å². The summed E-state index contributed by atoms with van der Waals surface area (Å²) in [7, 11) is 2.10. The van der Waals surface area contributed by atoms with Crippen LogP contribution >= 0.6 is 0 Å². The fourth-order valence-electron chi connectivity index (χ4n) is 5.75. The molecule has 230 valence electrons. The number of urea groups is 1. The fraction of sp³-hybridized carbons (Fsp3) is 0.548. The van der Waals surface area contributed by atoms with Crippen LogP contribution in [0.2, 0.25) is 0 Å². The summed E-state index contributed by atoms with van der Waals surface area (Å²) in [6.45, 7) is 5.71. The zero-order valence-electron chi connectivity index (χ0n) is 24.4. The van der Waals surface area contributed by atoms with Crippen LogP contribution in [0.5, 0.6) is 5.75 Å². The highest BCUT2D eigenvalue weighted by Crippen LogP contribution is 2.32. The van der Waals surface area contributed by atoms with E-state index >= 15 is 0 Å². The summed E-state index contributed by atoms with van der Waals surface area (Å²) in [5.74, 6) is 0.748. The molecular weight excluding hydrogens is 549 g/mol. The maximum absolute atomic E-state index is 13.7. The Balaban J connectivity index is 1.51. The lowest BCUT2D eigenvalue weighted by Gasteiger charge is -2.38. The molecule has 0 aromatic heterocycles. The molecule has 1 aliphatic heterocycles. The van der Waals surface area contributed by atoms with E-state index in [1.165, 1.54) is 50.3 Å². The minimum absolute atomic E-state index is 0.00257. The second kappa shape index (κ2) is 13.8. The molecule has 1 aliphatic carbocycles. The van der Waals surface area contributed by atoms with Crippen molar-refractivity contribution in [3.63, 3.8) is 0 Å². The van der Waals surface area contributed by atoms with E-state index in [9.17, 15) is 27.9 Å². The summed E-state index contributed by atoms with van der Waals surface area (Å²) in [6.07, 6.45) is 1.66. The van der Waals surface area contributed by atoms with Crippen molar-refractivity contribution in [2.24, 2.45) is 11.8 Å². The Hall–Kier alpha value is -3.31. The van der Waals surface area contributed by atoms with Gasteiger partial charge in [-0.05, 0) is 75.2 Å². The van der Waals surface area contributed by atoms with E-state index in [2.05, 4.69) is 29.5 Å². The second-order valence-electron chi connectivity index (χ2n) is 11.7. The number of halogens is 3. The molecule has 0 bridgehead atoms. The third-order valence-electron chi connectivity index (χ3n) is 8.18. The molecule has 8 nitrogen and oxygen atoms in total. The quantitative estimate of drug-likeness (QED) is 0.347. The van der Waals surface area contributed by atoms with Crippen molar-refractivity contribution in [3.05, 3.63) is 53.6 Å². The molecule has 1 fully saturated rings. The molecule has 11 heteroatoms. The van der Waals surface area contributed by atoms with Crippen LogP contribution < -0.4 is 15.4 Å². The fourth-order valence-corrected chi connectivity index (χ4v) is 5.75. The standard InChI is InChI=1S/C31H41F3N4O4/c1-20-16-38(21(2)19-39)29(40)26-15-25(36-30(41)35-24-11-9-23(10-12-24)31(32,33)34)13-14-27(26)42-28(20)18-37(3)17-22-7-5-4-6-8-22/h9-15,20-22,28,39H,4-8,16-19H2,1-3H3,(H2,35,36,41)/t20-,21-,28-/m0/s1. The molecule has 3 atom stereocenters. The van der Waals surface area contributed by atoms with E-state index in [4.69, 9.17) is 4.74 Å². The predicted molar refractivity (Wildman–Crippen MR) is 156 cm³/mol. The second-order valence-corrected chi connectivity index (χ2v) is 11.7. The summed E-state index contributed by atoms with van der Waals surface area (Å²) in [5, 5.41) is 15.1. The first-order chi connectivity index (χ1) is 19.9. The van der Waals surface area contributed by atoms with Crippen molar-refractivity contribution in [3.8, 4) is 5.75 Å². The number of likely N-dealkylation sites (N-methyl/N-ethyl adjacent to an activating group) is 1. The Labute approximate surface area is 245 Å². The first kappa shape index (κ1) is 31.6. The van der Waals surface area contributed by atoms with Crippen LogP contribution in [0.25, 0.3) is 0 Å². The third-order valence-corrected chi connectivity index (χ3v) is 8.18. The average Bonchev–Trinajstić information content (AvgIpc) is 2.95. The number of aliphatic hydroxyl groups is 1. The number of anilines is 2. The van der Waals surface area contributed by atoms with Gasteiger partial charge in [0, 0.05) is 36.9 Å². The van der Waals surface area contributed by atoms with Gasteiger partial charge < -0.3 is 30.3 Å². The Bertz CT molecular complexity index is 1220. The number of nitrogens with zero attached hydrogens (tertiary/aromatic N) is 2. The summed E-state index contributed by atoms with van der Waals surface area (Å²) in [5.41, 5.74) is -0.0628. The highest BCUT2D eigenvalue weighted by atomic mass is 19.4. The molecule has 3 N–H and O–H groups in total. The number of hydrogen-bond acceptors (Lipinski definition) is 5. The maximum atomic E-state index is 13.7. The molecule has 3 amide bonds. The van der Waals surface area contributed by atoms with Crippen LogP contribution in [0.3, 0.4) is 0 Å². The zero-order chi connectivity index (χ0) is 30.4. The lowest BCUT2D eigenvalue weighted by atomic mass is 9.89. The van der Waals surface area contributed by atoms with Crippen molar-refractivity contribution in [1.29, 1.82) is 0 Å². The number of hydrogen-bond donors (Lipinski definition) is 3. The van der Waals surface area contributed by atoms with Gasteiger partial charge in [-0.15, -0.1) is 0 Å². The van der Waals surface area contributed by atoms with Crippen molar-refractivity contribution in [2.45, 2.75) is 64.3 Å². The molecule has 2 aromatic rings. The van der Waals surface area contributed by atoms with E-state index in [0.29, 0.717) is 30.4 Å². The number of nitrogens with one attached hydrogen (secondary N) is 2. The average molecular weight is 591 g/mol. The monoisotopic (exact) mass is 590 g/mol. The Morgan fingerprint density at radius 1 is 1.07 bits per heavy atom. The summed E-state index contributed by atoms with van der Waals surface area (Å²) >= 11 is 0. The van der Waals surface area contributed by atoms with E-state index in [-0.39, 0.29) is 35.8 Å². The first-order valence-corrected chi connectivity index (χ1v) is 14.6. The number of amides is 3. The van der Waals surface area contributed by atoms with Gasteiger partial charge in [0.05, 0.1) is 23.8 Å². The number of ether oxygens (including phenoxy) is 1. The number of aliphatic hydroxyl groups excluding tert-OH is 1. The highest BCUT2D eigenvalue weighted by molar-refractivity contribution is 6.02. The van der Waals surface area contributed by atoms with Gasteiger partial charge in [-0.1, -0.05) is 26.2 Å². The van der Waals surface area contributed by atoms with Crippen molar-refractivity contribution in [1.82, 2.24) is 9.80 Å². The molecular formula is C31H41F3N4O4. The zero-order valence-corrected chi connectivity index (χ0v) is 24.4. The summed E-state index contributed by atoms with van der Waals surface area (Å²) < 4.78 is 45.0. The Kier molecular flexibility index (Phi) is 10.4. The van der Waals surface area contributed by atoms with Gasteiger partial charge >= 0.3 is 12.2 Å². The molecule has 0 spiro atoms. The normalized spacial score (nSPS) is 20.8. The topological polar surface area (TPSA) is 94.1 Å². The number of benzene rings is 2. The number of carbonyl (C=O) groups excluding carboxylic acids is 2. The molecule has 1 saturated carbocycles. The van der Waals surface area contributed by atoms with Crippen molar-refractivity contribution < 1.29 is 32.6 Å². The summed E-state index contributed by atoms with van der Waals surface area (Å²) in [6, 6.07) is 7.80. The van der Waals surface area contributed by atoms with Gasteiger partial charge in [0.25, 0.3) is 5.91 Å². The number of fused-ring (bicyclic) bond motifs is 1. The van der Waals surface area contributed by atoms with Gasteiger partial charge in [-0.2, -0.15) is 13.2 Å². The Morgan fingerprint density at radius 3 is 2.36 bits per heavy atom. The molecule has 0 unspecified atom stereocenters. The van der Waals surface area contributed by atoms with Crippen molar-refractivity contribution >= 4 is 23.3 Å². The van der Waals surface area contributed by atoms with Crippen LogP contribution in [0.1, 0.15) is 61.9 Å². The van der Waals surface area contributed by atoms with Crippen LogP contribution in [0.15, 0.2) is 42.5 Å². The van der Waals surface area contributed by atoms with Gasteiger partial charge in [0.2, 0.25) is 0 Å². The maximum Gasteiger partial charge on any atom is 0.416 e. The van der Waals surface area contributed by atoms with Gasteiger partial charge in [-0.25, -0.2) is 4.79 Å². The van der Waals surface area contributed by atoms with E-state index < -0.39 is 23.8 Å². The van der Waals surface area contributed by atoms with Crippen LogP contribution in [-0.4, -0.2) is 72.3 Å². The molecule has 42 heavy (non-hydrogen) atoms. The van der Waals surface area contributed by atoms with E-state index in [0.717, 1.165) is 18.7 Å². The molecule has 4 rings (SSSR count). The van der Waals surface area contributed by atoms with Gasteiger partial charge in [0.1, 0.15) is 11.9 Å². The molecule has 2 aliphatic rings. The largest absolute Gasteiger partial charge is 0.488 e. The number of alkyl halides is 3. The van der Waals surface area contributed by atoms with E-state index in [1.54, 1.807) is 24.0 Å². The number of rotatable bonds is 8. The lowest BCUT2D eigenvalue weighted by molar-refractivity contribution is -0.137. The van der Waals surface area contributed by atoms with Crippen LogP contribution in [-0.2, 0) is 6.18 Å². The minimum atomic E-state index is -4.47. The predicted octanol–water partition coefficient (Wildman–Crippen LogP) is 6.08. The Morgan fingerprint density at radius 2 is 1.71 bits per heavy atom.